The van der Waals surface area contributed by atoms with E-state index in [0.717, 1.165) is 32.9 Å². The van der Waals surface area contributed by atoms with Crippen molar-refractivity contribution in [2.24, 2.45) is 11.7 Å². The number of fused-ring (bicyclic) bond motifs is 2. The van der Waals surface area contributed by atoms with Crippen molar-refractivity contribution in [3.63, 3.8) is 0 Å². The molecule has 4 rings (SSSR count). The first-order valence-electron chi connectivity index (χ1n) is 14.6. The molecule has 44 heavy (non-hydrogen) atoms. The Kier molecular flexibility index (Phi) is 11.1. The number of carboxylic acids is 1. The van der Waals surface area contributed by atoms with Gasteiger partial charge >= 0.3 is 5.97 Å². The summed E-state index contributed by atoms with van der Waals surface area (Å²) in [5.41, 5.74) is 9.40. The number of carbonyl (C=O) groups excluding carboxylic acids is 3. The van der Waals surface area contributed by atoms with E-state index in [1.807, 2.05) is 68.6 Å². The summed E-state index contributed by atoms with van der Waals surface area (Å²) in [5.74, 6) is -2.46. The smallest absolute Gasteiger partial charge is 0.326 e. The third kappa shape index (κ3) is 8.00. The summed E-state index contributed by atoms with van der Waals surface area (Å²) in [4.78, 5) is 58.7. The van der Waals surface area contributed by atoms with Crippen LogP contribution in [0, 0.1) is 5.92 Å². The maximum Gasteiger partial charge on any atom is 0.326 e. The highest BCUT2D eigenvalue weighted by atomic mass is 32.2. The van der Waals surface area contributed by atoms with Gasteiger partial charge in [0.2, 0.25) is 17.7 Å². The van der Waals surface area contributed by atoms with E-state index >= 15 is 0 Å². The van der Waals surface area contributed by atoms with Crippen LogP contribution in [0.25, 0.3) is 21.8 Å². The second-order valence-electron chi connectivity index (χ2n) is 11.2. The van der Waals surface area contributed by atoms with Crippen LogP contribution in [0.15, 0.2) is 60.9 Å². The lowest BCUT2D eigenvalue weighted by Crippen LogP contribution is -2.58. The Morgan fingerprint density at radius 2 is 1.25 bits per heavy atom. The molecule has 0 saturated heterocycles. The van der Waals surface area contributed by atoms with Crippen LogP contribution in [0.5, 0.6) is 0 Å². The zero-order valence-electron chi connectivity index (χ0n) is 25.1. The second-order valence-corrected chi connectivity index (χ2v) is 12.2. The predicted octanol–water partition coefficient (Wildman–Crippen LogP) is 2.71. The number of thioether (sulfide) groups is 1. The molecule has 2 aromatic heterocycles. The summed E-state index contributed by atoms with van der Waals surface area (Å²) >= 11 is 1.49. The minimum atomic E-state index is -1.22. The van der Waals surface area contributed by atoms with Gasteiger partial charge in [-0.1, -0.05) is 50.2 Å². The van der Waals surface area contributed by atoms with E-state index in [4.69, 9.17) is 5.73 Å². The fraction of sp³-hybridized carbons (Fsp3) is 0.375. The van der Waals surface area contributed by atoms with Crippen molar-refractivity contribution in [2.45, 2.75) is 57.3 Å². The number of aromatic amines is 2. The van der Waals surface area contributed by atoms with Gasteiger partial charge < -0.3 is 36.8 Å². The van der Waals surface area contributed by atoms with Crippen molar-refractivity contribution in [1.29, 1.82) is 0 Å². The summed E-state index contributed by atoms with van der Waals surface area (Å²) in [6, 6.07) is 11.0. The fourth-order valence-corrected chi connectivity index (χ4v) is 5.54. The molecule has 4 atom stereocenters. The quantitative estimate of drug-likeness (QED) is 0.107. The predicted molar refractivity (Wildman–Crippen MR) is 173 cm³/mol. The van der Waals surface area contributed by atoms with Gasteiger partial charge in [-0.2, -0.15) is 11.8 Å². The number of rotatable bonds is 15. The van der Waals surface area contributed by atoms with Crippen LogP contribution in [-0.4, -0.2) is 74.9 Å². The number of hydrogen-bond acceptors (Lipinski definition) is 6. The fourth-order valence-electron chi connectivity index (χ4n) is 5.07. The molecule has 0 spiro atoms. The topological polar surface area (TPSA) is 182 Å². The Morgan fingerprint density at radius 1 is 0.773 bits per heavy atom. The highest BCUT2D eigenvalue weighted by Crippen LogP contribution is 2.21. The number of nitrogens with two attached hydrogens (primary N) is 1. The summed E-state index contributed by atoms with van der Waals surface area (Å²) in [5, 5.41) is 19.9. The third-order valence-corrected chi connectivity index (χ3v) is 8.35. The van der Waals surface area contributed by atoms with Gasteiger partial charge in [0.25, 0.3) is 0 Å². The molecular weight excluding hydrogens is 580 g/mol. The molecule has 12 heteroatoms. The van der Waals surface area contributed by atoms with Crippen molar-refractivity contribution >= 4 is 57.3 Å². The Bertz CT molecular complexity index is 1610. The average molecular weight is 621 g/mol. The van der Waals surface area contributed by atoms with E-state index in [-0.39, 0.29) is 25.2 Å². The van der Waals surface area contributed by atoms with E-state index in [9.17, 15) is 24.3 Å². The van der Waals surface area contributed by atoms with Crippen LogP contribution in [0.1, 0.15) is 31.4 Å². The maximum absolute atomic E-state index is 13.7. The van der Waals surface area contributed by atoms with Gasteiger partial charge in [0.15, 0.2) is 0 Å². The van der Waals surface area contributed by atoms with Gasteiger partial charge in [-0.25, -0.2) is 4.79 Å². The highest BCUT2D eigenvalue weighted by Gasteiger charge is 2.31. The lowest BCUT2D eigenvalue weighted by atomic mass is 10.0. The lowest BCUT2D eigenvalue weighted by molar-refractivity contribution is -0.142. The van der Waals surface area contributed by atoms with Crippen LogP contribution in [0.4, 0.5) is 0 Å². The first kappa shape index (κ1) is 32.6. The molecule has 11 nitrogen and oxygen atoms in total. The molecule has 0 aliphatic heterocycles. The maximum atomic E-state index is 13.7. The Balaban J connectivity index is 1.53. The molecule has 3 amide bonds. The zero-order chi connectivity index (χ0) is 31.8. The number of benzene rings is 2. The largest absolute Gasteiger partial charge is 0.480 e. The summed E-state index contributed by atoms with van der Waals surface area (Å²) in [7, 11) is 0. The zero-order valence-corrected chi connectivity index (χ0v) is 25.9. The number of aromatic nitrogens is 2. The van der Waals surface area contributed by atoms with Crippen LogP contribution >= 0.6 is 11.8 Å². The Labute approximate surface area is 260 Å². The number of carbonyl (C=O) groups is 4. The number of H-pyrrole nitrogens is 2. The van der Waals surface area contributed by atoms with Gasteiger partial charge in [0.1, 0.15) is 18.1 Å². The van der Waals surface area contributed by atoms with Crippen LogP contribution in [0.2, 0.25) is 0 Å². The minimum Gasteiger partial charge on any atom is -0.480 e. The molecule has 0 radical (unpaired) electrons. The third-order valence-electron chi connectivity index (χ3n) is 7.71. The van der Waals surface area contributed by atoms with Crippen molar-refractivity contribution < 1.29 is 24.3 Å². The van der Waals surface area contributed by atoms with Crippen LogP contribution < -0.4 is 21.7 Å². The molecule has 234 valence electrons. The number of para-hydroxylation sites is 2. The second kappa shape index (κ2) is 14.9. The van der Waals surface area contributed by atoms with E-state index in [1.165, 1.54) is 11.8 Å². The normalized spacial score (nSPS) is 14.2. The molecular formula is C32H40N6O5S. The number of hydrogen-bond donors (Lipinski definition) is 7. The first-order valence-corrected chi connectivity index (χ1v) is 16.0. The van der Waals surface area contributed by atoms with Gasteiger partial charge in [-0.3, -0.25) is 14.4 Å². The van der Waals surface area contributed by atoms with Gasteiger partial charge in [0.05, 0.1) is 6.04 Å². The molecule has 2 heterocycles. The number of nitrogens with one attached hydrogen (secondary N) is 5. The molecule has 0 bridgehead atoms. The van der Waals surface area contributed by atoms with Gasteiger partial charge in [0, 0.05) is 47.0 Å². The molecule has 0 saturated carbocycles. The molecule has 8 N–H and O–H groups in total. The molecule has 2 aromatic carbocycles. The number of amides is 3. The minimum absolute atomic E-state index is 0.0562. The SMILES string of the molecule is CSCCC(NC(=O)C(Cc1c[nH]c2ccccc12)NC(=O)C(N)C(C)C)C(=O)NC(Cc1c[nH]c2ccccc12)C(=O)O. The van der Waals surface area contributed by atoms with Gasteiger partial charge in [-0.05, 0) is 47.6 Å². The summed E-state index contributed by atoms with van der Waals surface area (Å²) < 4.78 is 0. The van der Waals surface area contributed by atoms with E-state index < -0.39 is 47.9 Å². The van der Waals surface area contributed by atoms with Crippen LogP contribution in [0.3, 0.4) is 0 Å². The molecule has 0 fully saturated rings. The Morgan fingerprint density at radius 3 is 1.77 bits per heavy atom. The Hall–Kier alpha value is -4.29. The monoisotopic (exact) mass is 620 g/mol. The van der Waals surface area contributed by atoms with Crippen molar-refractivity contribution in [3.05, 3.63) is 72.1 Å². The van der Waals surface area contributed by atoms with E-state index in [0.29, 0.717) is 5.75 Å². The van der Waals surface area contributed by atoms with E-state index in [2.05, 4.69) is 25.9 Å². The molecule has 4 unspecified atom stereocenters. The van der Waals surface area contributed by atoms with Crippen molar-refractivity contribution in [3.8, 4) is 0 Å². The summed E-state index contributed by atoms with van der Waals surface area (Å²) in [6.07, 6.45) is 5.87. The molecule has 0 aliphatic rings. The van der Waals surface area contributed by atoms with E-state index in [1.54, 1.807) is 12.4 Å². The van der Waals surface area contributed by atoms with Crippen molar-refractivity contribution in [1.82, 2.24) is 25.9 Å². The first-order chi connectivity index (χ1) is 21.1. The lowest BCUT2D eigenvalue weighted by Gasteiger charge is -2.26. The number of aliphatic carboxylic acids is 1. The average Bonchev–Trinajstić information content (AvgIpc) is 3.61. The van der Waals surface area contributed by atoms with Crippen molar-refractivity contribution in [2.75, 3.05) is 12.0 Å². The highest BCUT2D eigenvalue weighted by molar-refractivity contribution is 7.98. The summed E-state index contributed by atoms with van der Waals surface area (Å²) in [6.45, 7) is 3.63. The standard InChI is InChI=1S/C32H40N6O5S/c1-18(2)28(33)31(41)37-26(14-19-16-34-23-10-6-4-8-21(19)23)30(40)36-25(12-13-44-3)29(39)38-27(32(42)43)15-20-17-35-24-11-7-5-9-22(20)24/h4-11,16-18,25-28,34-35H,12-15,33H2,1-3H3,(H,36,40)(H,37,41)(H,38,39)(H,42,43). The number of carboxylic acid groups (broad SMARTS) is 1. The molecule has 0 aliphatic carbocycles. The van der Waals surface area contributed by atoms with Crippen LogP contribution in [-0.2, 0) is 32.0 Å². The molecule has 4 aromatic rings. The van der Waals surface area contributed by atoms with Gasteiger partial charge in [-0.15, -0.1) is 0 Å².